The highest BCUT2D eigenvalue weighted by Crippen LogP contribution is 2.30. The molecule has 0 spiro atoms. The molecule has 3 rings (SSSR count). The van der Waals surface area contributed by atoms with Gasteiger partial charge in [-0.2, -0.15) is 0 Å². The van der Waals surface area contributed by atoms with Crippen LogP contribution in [0, 0.1) is 17.0 Å². The van der Waals surface area contributed by atoms with E-state index in [4.69, 9.17) is 0 Å². The fourth-order valence-corrected chi connectivity index (χ4v) is 4.85. The molecule has 3 aromatic rings. The third-order valence-corrected chi connectivity index (χ3v) is 6.87. The van der Waals surface area contributed by atoms with Crippen molar-refractivity contribution in [3.05, 3.63) is 94.0 Å². The number of thioether (sulfide) groups is 1. The molecule has 1 N–H and O–H groups in total. The normalized spacial score (nSPS) is 11.2. The van der Waals surface area contributed by atoms with Gasteiger partial charge in [0, 0.05) is 17.0 Å². The van der Waals surface area contributed by atoms with Crippen LogP contribution in [0.5, 0.6) is 0 Å². The zero-order valence-corrected chi connectivity index (χ0v) is 18.1. The monoisotopic (exact) mass is 442 g/mol. The maximum absolute atomic E-state index is 12.6. The Morgan fingerprint density at radius 1 is 1.00 bits per heavy atom. The van der Waals surface area contributed by atoms with Gasteiger partial charge in [-0.25, -0.2) is 8.42 Å². The van der Waals surface area contributed by atoms with Gasteiger partial charge in [0.05, 0.1) is 15.5 Å². The lowest BCUT2D eigenvalue weighted by Gasteiger charge is -2.10. The van der Waals surface area contributed by atoms with E-state index in [1.54, 1.807) is 18.2 Å². The number of hydrogen-bond acceptors (Lipinski definition) is 5. The van der Waals surface area contributed by atoms with Gasteiger partial charge in [-0.05, 0) is 49.3 Å². The third kappa shape index (κ3) is 6.08. The van der Waals surface area contributed by atoms with E-state index in [9.17, 15) is 18.5 Å². The van der Waals surface area contributed by atoms with Crippen LogP contribution in [0.3, 0.4) is 0 Å². The SMILES string of the molecule is Cc1ccc(S(=O)(=O)Nc2cc(SCCCc3ccccc3)cc([N+](=O)[O-])c2)cc1. The first-order valence-electron chi connectivity index (χ1n) is 9.39. The van der Waals surface area contributed by atoms with Gasteiger partial charge in [-0.3, -0.25) is 14.8 Å². The van der Waals surface area contributed by atoms with Crippen molar-refractivity contribution in [3.63, 3.8) is 0 Å². The van der Waals surface area contributed by atoms with Crippen LogP contribution in [-0.2, 0) is 16.4 Å². The lowest BCUT2D eigenvalue weighted by atomic mass is 10.1. The summed E-state index contributed by atoms with van der Waals surface area (Å²) in [7, 11) is -3.83. The zero-order valence-electron chi connectivity index (χ0n) is 16.4. The third-order valence-electron chi connectivity index (χ3n) is 4.41. The molecule has 0 aromatic heterocycles. The highest BCUT2D eigenvalue weighted by Gasteiger charge is 2.17. The molecule has 0 aliphatic heterocycles. The highest BCUT2D eigenvalue weighted by molar-refractivity contribution is 7.99. The van der Waals surface area contributed by atoms with Gasteiger partial charge in [0.2, 0.25) is 0 Å². The summed E-state index contributed by atoms with van der Waals surface area (Å²) in [5.41, 5.74) is 2.21. The van der Waals surface area contributed by atoms with Gasteiger partial charge in [0.25, 0.3) is 15.7 Å². The molecule has 0 saturated heterocycles. The molecule has 0 amide bonds. The van der Waals surface area contributed by atoms with Crippen molar-refractivity contribution < 1.29 is 13.3 Å². The summed E-state index contributed by atoms with van der Waals surface area (Å²) in [5, 5.41) is 11.3. The Labute approximate surface area is 180 Å². The highest BCUT2D eigenvalue weighted by atomic mass is 32.2. The summed E-state index contributed by atoms with van der Waals surface area (Å²) in [4.78, 5) is 11.6. The number of nitro groups is 1. The van der Waals surface area contributed by atoms with Crippen molar-refractivity contribution in [2.45, 2.75) is 29.6 Å². The van der Waals surface area contributed by atoms with Crippen LogP contribution in [0.2, 0.25) is 0 Å². The second-order valence-electron chi connectivity index (χ2n) is 6.83. The van der Waals surface area contributed by atoms with Crippen LogP contribution < -0.4 is 4.72 Å². The molecule has 0 aliphatic carbocycles. The van der Waals surface area contributed by atoms with Crippen LogP contribution in [0.25, 0.3) is 0 Å². The second-order valence-corrected chi connectivity index (χ2v) is 9.68. The summed E-state index contributed by atoms with van der Waals surface area (Å²) in [6.07, 6.45) is 1.82. The van der Waals surface area contributed by atoms with Gasteiger partial charge in [-0.15, -0.1) is 11.8 Å². The number of anilines is 1. The van der Waals surface area contributed by atoms with Crippen LogP contribution >= 0.6 is 11.8 Å². The fourth-order valence-electron chi connectivity index (χ4n) is 2.87. The summed E-state index contributed by atoms with van der Waals surface area (Å²) in [6, 6.07) is 20.9. The van der Waals surface area contributed by atoms with Crippen molar-refractivity contribution in [3.8, 4) is 0 Å². The first-order valence-corrected chi connectivity index (χ1v) is 11.9. The Hall–Kier alpha value is -2.84. The molecule has 0 atom stereocenters. The van der Waals surface area contributed by atoms with Gasteiger partial charge in [0.1, 0.15) is 0 Å². The lowest BCUT2D eigenvalue weighted by molar-refractivity contribution is -0.385. The summed E-state index contributed by atoms with van der Waals surface area (Å²) in [6.45, 7) is 1.87. The minimum atomic E-state index is -3.83. The Morgan fingerprint density at radius 3 is 2.37 bits per heavy atom. The first-order chi connectivity index (χ1) is 14.3. The lowest BCUT2D eigenvalue weighted by Crippen LogP contribution is -2.13. The van der Waals surface area contributed by atoms with E-state index in [0.717, 1.165) is 24.2 Å². The summed E-state index contributed by atoms with van der Waals surface area (Å²) >= 11 is 1.47. The van der Waals surface area contributed by atoms with Gasteiger partial charge < -0.3 is 0 Å². The zero-order chi connectivity index (χ0) is 21.6. The second kappa shape index (κ2) is 9.77. The van der Waals surface area contributed by atoms with Crippen LogP contribution in [0.1, 0.15) is 17.5 Å². The van der Waals surface area contributed by atoms with E-state index in [0.29, 0.717) is 4.90 Å². The molecular formula is C22H22N2O4S2. The number of nitrogens with one attached hydrogen (secondary N) is 1. The predicted molar refractivity (Wildman–Crippen MR) is 121 cm³/mol. The van der Waals surface area contributed by atoms with Crippen molar-refractivity contribution in [1.82, 2.24) is 0 Å². The Balaban J connectivity index is 1.72. The molecule has 0 aliphatic rings. The van der Waals surface area contributed by atoms with Crippen molar-refractivity contribution in [2.24, 2.45) is 0 Å². The van der Waals surface area contributed by atoms with Gasteiger partial charge in [-0.1, -0.05) is 48.0 Å². The molecule has 6 nitrogen and oxygen atoms in total. The van der Waals surface area contributed by atoms with E-state index in [1.807, 2.05) is 25.1 Å². The summed E-state index contributed by atoms with van der Waals surface area (Å²) in [5.74, 6) is 0.764. The van der Waals surface area contributed by atoms with Crippen molar-refractivity contribution >= 4 is 33.2 Å². The molecule has 0 heterocycles. The minimum Gasteiger partial charge on any atom is -0.279 e. The molecule has 0 radical (unpaired) electrons. The number of nitrogens with zero attached hydrogens (tertiary/aromatic N) is 1. The minimum absolute atomic E-state index is 0.108. The van der Waals surface area contributed by atoms with E-state index in [-0.39, 0.29) is 16.3 Å². The quantitative estimate of drug-likeness (QED) is 0.207. The molecular weight excluding hydrogens is 420 g/mol. The van der Waals surface area contributed by atoms with E-state index >= 15 is 0 Å². The largest absolute Gasteiger partial charge is 0.279 e. The van der Waals surface area contributed by atoms with E-state index < -0.39 is 14.9 Å². The molecule has 0 bridgehead atoms. The fraction of sp³-hybridized carbons (Fsp3) is 0.182. The average molecular weight is 443 g/mol. The number of aryl methyl sites for hydroxylation is 2. The number of hydrogen-bond donors (Lipinski definition) is 1. The molecule has 0 fully saturated rings. The number of benzene rings is 3. The van der Waals surface area contributed by atoms with Gasteiger partial charge in [0.15, 0.2) is 0 Å². The topological polar surface area (TPSA) is 89.3 Å². The van der Waals surface area contributed by atoms with Gasteiger partial charge >= 0.3 is 0 Å². The van der Waals surface area contributed by atoms with E-state index in [1.165, 1.54) is 41.6 Å². The van der Waals surface area contributed by atoms with Crippen molar-refractivity contribution in [1.29, 1.82) is 0 Å². The van der Waals surface area contributed by atoms with Crippen molar-refractivity contribution in [2.75, 3.05) is 10.5 Å². The smallest absolute Gasteiger partial charge is 0.272 e. The Kier molecular flexibility index (Phi) is 7.12. The molecule has 30 heavy (non-hydrogen) atoms. The standard InChI is InChI=1S/C22H22N2O4S2/c1-17-9-11-22(12-10-17)30(27,28)23-19-14-20(24(25)26)16-21(15-19)29-13-5-8-18-6-3-2-4-7-18/h2-4,6-7,9-12,14-16,23H,5,8,13H2,1H3. The molecule has 8 heteroatoms. The van der Waals surface area contributed by atoms with E-state index in [2.05, 4.69) is 16.9 Å². The molecule has 0 unspecified atom stereocenters. The molecule has 0 saturated carbocycles. The Morgan fingerprint density at radius 2 is 1.70 bits per heavy atom. The number of nitro benzene ring substituents is 1. The maximum Gasteiger partial charge on any atom is 0.272 e. The summed E-state index contributed by atoms with van der Waals surface area (Å²) < 4.78 is 27.7. The number of rotatable bonds is 9. The first kappa shape index (κ1) is 21.9. The molecule has 156 valence electrons. The maximum atomic E-state index is 12.6. The number of sulfonamides is 1. The predicted octanol–water partition coefficient (Wildman–Crippen LogP) is 5.43. The van der Waals surface area contributed by atoms with Crippen LogP contribution in [0.15, 0.2) is 82.6 Å². The Bertz CT molecular complexity index is 1120. The van der Waals surface area contributed by atoms with Crippen LogP contribution in [-0.4, -0.2) is 19.1 Å². The molecule has 3 aromatic carbocycles. The van der Waals surface area contributed by atoms with Crippen LogP contribution in [0.4, 0.5) is 11.4 Å². The average Bonchev–Trinajstić information content (AvgIpc) is 2.72. The number of non-ortho nitro benzene ring substituents is 1.